The zero-order valence-electron chi connectivity index (χ0n) is 13.4. The molecule has 4 N–H and O–H groups in total. The number of H-pyrrole nitrogens is 1. The van der Waals surface area contributed by atoms with Crippen LogP contribution < -0.4 is 11.1 Å². The van der Waals surface area contributed by atoms with Gasteiger partial charge < -0.3 is 15.8 Å². The number of benzene rings is 1. The van der Waals surface area contributed by atoms with Crippen LogP contribution in [-0.4, -0.2) is 34.1 Å². The highest BCUT2D eigenvalue weighted by atomic mass is 35.5. The molecule has 0 saturated heterocycles. The van der Waals surface area contributed by atoms with Crippen LogP contribution in [0, 0.1) is 0 Å². The monoisotopic (exact) mass is 364 g/mol. The summed E-state index contributed by atoms with van der Waals surface area (Å²) in [6, 6.07) is 6.37. The molecule has 9 heteroatoms. The first kappa shape index (κ1) is 18.5. The second kappa shape index (κ2) is 8.29. The molecule has 2 rings (SSSR count). The van der Waals surface area contributed by atoms with Gasteiger partial charge in [-0.05, 0) is 18.1 Å². The van der Waals surface area contributed by atoms with Gasteiger partial charge >= 0.3 is 6.09 Å². The van der Waals surface area contributed by atoms with Gasteiger partial charge in [0.25, 0.3) is 5.91 Å². The molecule has 2 aromatic rings. The summed E-state index contributed by atoms with van der Waals surface area (Å²) in [6.07, 6.45) is -0.298. The molecular formula is C16H17ClN4O4. The lowest BCUT2D eigenvalue weighted by atomic mass is 9.98. The molecule has 132 valence electrons. The Morgan fingerprint density at radius 2 is 2.12 bits per heavy atom. The number of carbonyl (C=O) groups is 3. The first-order chi connectivity index (χ1) is 11.9. The van der Waals surface area contributed by atoms with Crippen molar-refractivity contribution in [2.75, 3.05) is 5.32 Å². The number of hydrogen-bond donors (Lipinski definition) is 3. The number of Topliss-reactive ketones (excluding diaryl/α,β-unsaturated/α-hetero) is 1. The van der Waals surface area contributed by atoms with Crippen LogP contribution in [0.5, 0.6) is 0 Å². The zero-order valence-corrected chi connectivity index (χ0v) is 14.2. The van der Waals surface area contributed by atoms with Gasteiger partial charge in [-0.15, -0.1) is 0 Å². The summed E-state index contributed by atoms with van der Waals surface area (Å²) < 4.78 is 4.79. The number of nitrogens with two attached hydrogens (primary N) is 1. The largest absolute Gasteiger partial charge is 0.438 e. The number of ketones is 1. The van der Waals surface area contributed by atoms with Gasteiger partial charge in [0.15, 0.2) is 17.7 Å². The number of carbonyl (C=O) groups excluding carboxylic acids is 3. The Labute approximate surface area is 148 Å². The van der Waals surface area contributed by atoms with Crippen molar-refractivity contribution in [3.63, 3.8) is 0 Å². The van der Waals surface area contributed by atoms with Gasteiger partial charge in [-0.3, -0.25) is 14.7 Å². The van der Waals surface area contributed by atoms with E-state index < -0.39 is 18.1 Å². The number of ether oxygens (including phenoxy) is 1. The minimum Gasteiger partial charge on any atom is -0.438 e. The Balaban J connectivity index is 2.23. The van der Waals surface area contributed by atoms with Crippen LogP contribution in [-0.2, 0) is 16.0 Å². The van der Waals surface area contributed by atoms with Crippen LogP contribution in [0.25, 0.3) is 0 Å². The highest BCUT2D eigenvalue weighted by Crippen LogP contribution is 2.23. The van der Waals surface area contributed by atoms with Crippen molar-refractivity contribution in [3.05, 3.63) is 46.6 Å². The van der Waals surface area contributed by atoms with Crippen LogP contribution in [0.1, 0.15) is 29.3 Å². The first-order valence-electron chi connectivity index (χ1n) is 7.49. The van der Waals surface area contributed by atoms with E-state index in [4.69, 9.17) is 22.1 Å². The van der Waals surface area contributed by atoms with E-state index in [1.807, 2.05) is 0 Å². The number of primary amides is 1. The maximum Gasteiger partial charge on any atom is 0.405 e. The molecule has 2 amide bonds. The molecule has 1 heterocycles. The predicted molar refractivity (Wildman–Crippen MR) is 91.5 cm³/mol. The number of rotatable bonds is 7. The average molecular weight is 365 g/mol. The smallest absolute Gasteiger partial charge is 0.405 e. The summed E-state index contributed by atoms with van der Waals surface area (Å²) in [5.41, 5.74) is 5.55. The summed E-state index contributed by atoms with van der Waals surface area (Å²) in [5.74, 6) is -0.549. The normalized spacial score (nSPS) is 11.6. The summed E-state index contributed by atoms with van der Waals surface area (Å²) in [5, 5.41) is 9.20. The van der Waals surface area contributed by atoms with Crippen LogP contribution in [0.15, 0.2) is 30.5 Å². The fourth-order valence-corrected chi connectivity index (χ4v) is 2.58. The van der Waals surface area contributed by atoms with Crippen LogP contribution in [0.3, 0.4) is 0 Å². The second-order valence-corrected chi connectivity index (χ2v) is 5.57. The number of amides is 2. The number of hydrogen-bond acceptors (Lipinski definition) is 5. The predicted octanol–water partition coefficient (Wildman–Crippen LogP) is 2.30. The van der Waals surface area contributed by atoms with E-state index in [1.54, 1.807) is 37.4 Å². The molecule has 0 aliphatic heterocycles. The topological polar surface area (TPSA) is 127 Å². The number of nitrogens with zero attached hydrogens (tertiary/aromatic N) is 1. The Morgan fingerprint density at radius 3 is 2.72 bits per heavy atom. The maximum absolute atomic E-state index is 12.5. The lowest BCUT2D eigenvalue weighted by Crippen LogP contribution is -2.31. The molecule has 25 heavy (non-hydrogen) atoms. The SMILES string of the molecule is CCC(OC(N)=O)C(=O)Cc1cccc(Cl)c1C(=O)Nc1cc[nH]n1. The van der Waals surface area contributed by atoms with E-state index in [2.05, 4.69) is 15.5 Å². The molecule has 0 aliphatic carbocycles. The highest BCUT2D eigenvalue weighted by molar-refractivity contribution is 6.34. The summed E-state index contributed by atoms with van der Waals surface area (Å²) >= 11 is 6.14. The molecule has 0 saturated carbocycles. The Kier molecular flexibility index (Phi) is 6.13. The standard InChI is InChI=1S/C16H17ClN4O4/c1-2-12(25-16(18)24)11(22)8-9-4-3-5-10(17)14(9)15(23)20-13-6-7-19-21-13/h3-7,12H,2,8H2,1H3,(H2,18,24)(H2,19,20,21,23). The molecular weight excluding hydrogens is 348 g/mol. The van der Waals surface area contributed by atoms with Crippen LogP contribution >= 0.6 is 11.6 Å². The van der Waals surface area contributed by atoms with Crippen LogP contribution in [0.2, 0.25) is 5.02 Å². The fourth-order valence-electron chi connectivity index (χ4n) is 2.30. The zero-order chi connectivity index (χ0) is 18.4. The van der Waals surface area contributed by atoms with Gasteiger partial charge in [0.05, 0.1) is 10.6 Å². The molecule has 1 aromatic heterocycles. The van der Waals surface area contributed by atoms with Gasteiger partial charge in [0.2, 0.25) is 0 Å². The second-order valence-electron chi connectivity index (χ2n) is 5.16. The van der Waals surface area contributed by atoms with E-state index in [9.17, 15) is 14.4 Å². The van der Waals surface area contributed by atoms with E-state index in [-0.39, 0.29) is 29.2 Å². The Bertz CT molecular complexity index is 776. The first-order valence-corrected chi connectivity index (χ1v) is 7.87. The van der Waals surface area contributed by atoms with Crippen molar-refractivity contribution < 1.29 is 19.1 Å². The molecule has 0 bridgehead atoms. The minimum absolute atomic E-state index is 0.129. The van der Waals surface area contributed by atoms with Gasteiger partial charge in [-0.25, -0.2) is 4.79 Å². The van der Waals surface area contributed by atoms with Gasteiger partial charge in [-0.2, -0.15) is 5.10 Å². The van der Waals surface area contributed by atoms with E-state index in [0.29, 0.717) is 11.4 Å². The van der Waals surface area contributed by atoms with E-state index >= 15 is 0 Å². The quantitative estimate of drug-likeness (QED) is 0.694. The van der Waals surface area contributed by atoms with Crippen molar-refractivity contribution in [3.8, 4) is 0 Å². The van der Waals surface area contributed by atoms with Crippen LogP contribution in [0.4, 0.5) is 10.6 Å². The third kappa shape index (κ3) is 4.80. The van der Waals surface area contributed by atoms with Crippen molar-refractivity contribution in [2.45, 2.75) is 25.9 Å². The highest BCUT2D eigenvalue weighted by Gasteiger charge is 2.24. The van der Waals surface area contributed by atoms with Crippen molar-refractivity contribution in [1.29, 1.82) is 0 Å². The molecule has 0 spiro atoms. The van der Waals surface area contributed by atoms with Gasteiger partial charge in [-0.1, -0.05) is 30.7 Å². The molecule has 8 nitrogen and oxygen atoms in total. The van der Waals surface area contributed by atoms with E-state index in [1.165, 1.54) is 0 Å². The molecule has 1 unspecified atom stereocenters. The Hall–Kier alpha value is -2.87. The van der Waals surface area contributed by atoms with E-state index in [0.717, 1.165) is 0 Å². The summed E-state index contributed by atoms with van der Waals surface area (Å²) in [7, 11) is 0. The number of anilines is 1. The van der Waals surface area contributed by atoms with Gasteiger partial charge in [0.1, 0.15) is 0 Å². The van der Waals surface area contributed by atoms with Gasteiger partial charge in [0, 0.05) is 18.7 Å². The fraction of sp³-hybridized carbons (Fsp3) is 0.250. The minimum atomic E-state index is -1.03. The average Bonchev–Trinajstić information content (AvgIpc) is 3.05. The third-order valence-electron chi connectivity index (χ3n) is 3.42. The number of nitrogens with one attached hydrogen (secondary N) is 2. The molecule has 0 radical (unpaired) electrons. The lowest BCUT2D eigenvalue weighted by molar-refractivity contribution is -0.126. The molecule has 1 aromatic carbocycles. The molecule has 1 atom stereocenters. The lowest BCUT2D eigenvalue weighted by Gasteiger charge is -2.15. The maximum atomic E-state index is 12.5. The number of aromatic nitrogens is 2. The van der Waals surface area contributed by atoms with Crippen molar-refractivity contribution in [2.24, 2.45) is 5.73 Å². The molecule has 0 fully saturated rings. The number of aromatic amines is 1. The summed E-state index contributed by atoms with van der Waals surface area (Å²) in [6.45, 7) is 1.69. The van der Waals surface area contributed by atoms with Crippen molar-refractivity contribution >= 4 is 35.2 Å². The Morgan fingerprint density at radius 1 is 1.36 bits per heavy atom. The van der Waals surface area contributed by atoms with Crippen molar-refractivity contribution in [1.82, 2.24) is 10.2 Å². The summed E-state index contributed by atoms with van der Waals surface area (Å²) in [4.78, 5) is 35.7. The number of halogens is 1. The third-order valence-corrected chi connectivity index (χ3v) is 3.74. The molecule has 0 aliphatic rings.